The summed E-state index contributed by atoms with van der Waals surface area (Å²) in [7, 11) is 0. The van der Waals surface area contributed by atoms with Gasteiger partial charge in [-0.2, -0.15) is 4.57 Å². The van der Waals surface area contributed by atoms with E-state index in [0.717, 1.165) is 12.4 Å². The Labute approximate surface area is 126 Å². The second kappa shape index (κ2) is 6.06. The number of hydrogen-bond acceptors (Lipinski definition) is 1. The summed E-state index contributed by atoms with van der Waals surface area (Å²) in [6, 6.07) is 22.9. The highest BCUT2D eigenvalue weighted by molar-refractivity contribution is 9.09. The molecule has 0 aliphatic rings. The van der Waals surface area contributed by atoms with Crippen molar-refractivity contribution in [2.75, 3.05) is 5.52 Å². The fourth-order valence-electron chi connectivity index (χ4n) is 2.36. The van der Waals surface area contributed by atoms with Gasteiger partial charge in [0.1, 0.15) is 5.52 Å². The van der Waals surface area contributed by atoms with Crippen molar-refractivity contribution in [3.8, 4) is 5.88 Å². The van der Waals surface area contributed by atoms with Crippen molar-refractivity contribution in [2.24, 2.45) is 0 Å². The van der Waals surface area contributed by atoms with Gasteiger partial charge in [-0.1, -0.05) is 42.5 Å². The van der Waals surface area contributed by atoms with Gasteiger partial charge in [0.15, 0.2) is 6.54 Å². The lowest BCUT2D eigenvalue weighted by atomic mass is 10.2. The topological polar surface area (TPSA) is 13.1 Å². The average Bonchev–Trinajstić information content (AvgIpc) is 2.51. The Kier molecular flexibility index (Phi) is 3.97. The van der Waals surface area contributed by atoms with Gasteiger partial charge < -0.3 is 4.74 Å². The molecule has 0 saturated heterocycles. The summed E-state index contributed by atoms with van der Waals surface area (Å²) in [5.74, 6) is 0.865. The molecule has 3 heteroatoms. The Morgan fingerprint density at radius 3 is 2.40 bits per heavy atom. The molecule has 0 aliphatic heterocycles. The third kappa shape index (κ3) is 2.68. The van der Waals surface area contributed by atoms with E-state index in [2.05, 4.69) is 75.1 Å². The summed E-state index contributed by atoms with van der Waals surface area (Å²) in [6.07, 6.45) is 0. The zero-order valence-corrected chi connectivity index (χ0v) is 12.6. The molecule has 0 saturated carbocycles. The van der Waals surface area contributed by atoms with Crippen molar-refractivity contribution in [3.05, 3.63) is 72.3 Å². The summed E-state index contributed by atoms with van der Waals surface area (Å²) >= 11 is 3.33. The molecular formula is C17H15BrNO+. The first kappa shape index (κ1) is 13.1. The Balaban J connectivity index is 2.12. The molecule has 2 nitrogen and oxygen atoms in total. The Hall–Kier alpha value is -1.87. The molecule has 20 heavy (non-hydrogen) atoms. The maximum absolute atomic E-state index is 5.70. The molecule has 1 aromatic heterocycles. The quantitative estimate of drug-likeness (QED) is 0.523. The number of benzene rings is 2. The predicted octanol–water partition coefficient (Wildman–Crippen LogP) is 3.91. The number of nitrogens with zero attached hydrogens (tertiary/aromatic N) is 1. The van der Waals surface area contributed by atoms with Crippen LogP contribution in [0.1, 0.15) is 5.56 Å². The highest BCUT2D eigenvalue weighted by Crippen LogP contribution is 2.16. The third-order valence-electron chi connectivity index (χ3n) is 3.28. The third-order valence-corrected chi connectivity index (χ3v) is 3.51. The molecule has 0 aliphatic carbocycles. The number of hydrogen-bond donors (Lipinski definition) is 0. The van der Waals surface area contributed by atoms with Crippen molar-refractivity contribution in [2.45, 2.75) is 6.54 Å². The summed E-state index contributed by atoms with van der Waals surface area (Å²) in [6.45, 7) is 0.796. The molecule has 0 unspecified atom stereocenters. The first-order chi connectivity index (χ1) is 9.88. The largest absolute Gasteiger partial charge is 0.433 e. The van der Waals surface area contributed by atoms with Gasteiger partial charge in [0.05, 0.1) is 6.07 Å². The van der Waals surface area contributed by atoms with Crippen LogP contribution in [0.3, 0.4) is 0 Å². The number of rotatable bonds is 4. The van der Waals surface area contributed by atoms with Crippen LogP contribution in [-0.2, 0) is 6.54 Å². The first-order valence-electron chi connectivity index (χ1n) is 6.53. The predicted molar refractivity (Wildman–Crippen MR) is 84.1 cm³/mol. The Bertz CT molecular complexity index is 713. The molecule has 0 amide bonds. The minimum atomic E-state index is 0.486. The summed E-state index contributed by atoms with van der Waals surface area (Å²) in [5.41, 5.74) is 2.92. The van der Waals surface area contributed by atoms with Crippen LogP contribution >= 0.6 is 15.9 Å². The van der Waals surface area contributed by atoms with Gasteiger partial charge in [0.2, 0.25) is 5.52 Å². The molecule has 0 fully saturated rings. The second-order valence-electron chi connectivity index (χ2n) is 4.56. The normalized spacial score (nSPS) is 10.7. The van der Waals surface area contributed by atoms with Crippen LogP contribution in [0.2, 0.25) is 0 Å². The van der Waals surface area contributed by atoms with Gasteiger partial charge in [-0.3, -0.25) is 0 Å². The molecule has 0 bridgehead atoms. The molecule has 0 spiro atoms. The van der Waals surface area contributed by atoms with Gasteiger partial charge in [0, 0.05) is 17.0 Å². The van der Waals surface area contributed by atoms with E-state index >= 15 is 0 Å². The molecule has 0 atom stereocenters. The number of halogens is 1. The van der Waals surface area contributed by atoms with Crippen LogP contribution in [0.4, 0.5) is 0 Å². The lowest BCUT2D eigenvalue weighted by Gasteiger charge is -2.07. The van der Waals surface area contributed by atoms with E-state index in [1.807, 2.05) is 12.1 Å². The Morgan fingerprint density at radius 2 is 1.60 bits per heavy atom. The molecule has 0 N–H and O–H groups in total. The van der Waals surface area contributed by atoms with Gasteiger partial charge in [-0.15, -0.1) is 0 Å². The molecule has 3 aromatic rings. The summed E-state index contributed by atoms with van der Waals surface area (Å²) in [4.78, 5) is 0. The summed E-state index contributed by atoms with van der Waals surface area (Å²) in [5, 5.41) is 1.21. The zero-order chi connectivity index (χ0) is 13.8. The molecule has 3 rings (SSSR count). The van der Waals surface area contributed by atoms with Crippen LogP contribution < -0.4 is 9.30 Å². The number of fused-ring (bicyclic) bond motifs is 1. The van der Waals surface area contributed by atoms with Crippen LogP contribution in [0, 0.1) is 0 Å². The van der Waals surface area contributed by atoms with Gasteiger partial charge in [0.25, 0.3) is 0 Å². The van der Waals surface area contributed by atoms with Gasteiger partial charge in [-0.25, -0.2) is 0 Å². The lowest BCUT2D eigenvalue weighted by Crippen LogP contribution is -2.37. The fourth-order valence-corrected chi connectivity index (χ4v) is 2.59. The molecule has 2 aromatic carbocycles. The minimum Gasteiger partial charge on any atom is -0.433 e. The van der Waals surface area contributed by atoms with E-state index in [4.69, 9.17) is 4.74 Å². The smallest absolute Gasteiger partial charge is 0.369 e. The molecule has 0 radical (unpaired) electrons. The standard InChI is InChI=1S/C17H15BrNO/c18-13-20-17-11-10-15-8-4-5-9-16(15)19(17)12-14-6-2-1-3-7-14/h1-11H,12-13H2/q+1. The van der Waals surface area contributed by atoms with E-state index in [9.17, 15) is 0 Å². The van der Waals surface area contributed by atoms with E-state index in [1.165, 1.54) is 16.5 Å². The van der Waals surface area contributed by atoms with Gasteiger partial charge in [-0.05, 0) is 28.1 Å². The molecular weight excluding hydrogens is 314 g/mol. The summed E-state index contributed by atoms with van der Waals surface area (Å²) < 4.78 is 7.90. The fraction of sp³-hybridized carbons (Fsp3) is 0.118. The Morgan fingerprint density at radius 1 is 0.850 bits per heavy atom. The number of pyridine rings is 1. The second-order valence-corrected chi connectivity index (χ2v) is 5.01. The van der Waals surface area contributed by atoms with Crippen LogP contribution in [0.15, 0.2) is 66.7 Å². The van der Waals surface area contributed by atoms with Crippen molar-refractivity contribution < 1.29 is 9.30 Å². The number of para-hydroxylation sites is 1. The van der Waals surface area contributed by atoms with Crippen molar-refractivity contribution >= 4 is 26.8 Å². The number of alkyl halides is 1. The van der Waals surface area contributed by atoms with Crippen molar-refractivity contribution in [1.29, 1.82) is 0 Å². The number of aromatic nitrogens is 1. The van der Waals surface area contributed by atoms with E-state index < -0.39 is 0 Å². The molecule has 100 valence electrons. The SMILES string of the molecule is BrCOc1ccc2ccccc2[n+]1Cc1ccccc1. The maximum Gasteiger partial charge on any atom is 0.369 e. The highest BCUT2D eigenvalue weighted by atomic mass is 79.9. The van der Waals surface area contributed by atoms with Crippen molar-refractivity contribution in [3.63, 3.8) is 0 Å². The molecule has 1 heterocycles. The highest BCUT2D eigenvalue weighted by Gasteiger charge is 2.16. The van der Waals surface area contributed by atoms with Crippen LogP contribution in [0.25, 0.3) is 10.9 Å². The van der Waals surface area contributed by atoms with Gasteiger partial charge >= 0.3 is 5.88 Å². The zero-order valence-electron chi connectivity index (χ0n) is 11.0. The lowest BCUT2D eigenvalue weighted by molar-refractivity contribution is -0.667. The van der Waals surface area contributed by atoms with E-state index in [0.29, 0.717) is 5.52 Å². The van der Waals surface area contributed by atoms with Crippen LogP contribution in [-0.4, -0.2) is 5.52 Å². The van der Waals surface area contributed by atoms with E-state index in [1.54, 1.807) is 0 Å². The average molecular weight is 329 g/mol. The monoisotopic (exact) mass is 328 g/mol. The van der Waals surface area contributed by atoms with E-state index in [-0.39, 0.29) is 0 Å². The van der Waals surface area contributed by atoms with Crippen LogP contribution in [0.5, 0.6) is 5.88 Å². The first-order valence-corrected chi connectivity index (χ1v) is 7.65. The number of ether oxygens (including phenoxy) is 1. The minimum absolute atomic E-state index is 0.486. The maximum atomic E-state index is 5.70. The van der Waals surface area contributed by atoms with Crippen molar-refractivity contribution in [1.82, 2.24) is 0 Å².